The van der Waals surface area contributed by atoms with E-state index in [0.29, 0.717) is 24.4 Å². The molecular weight excluding hydrogens is 288 g/mol. The van der Waals surface area contributed by atoms with Gasteiger partial charge in [0.05, 0.1) is 24.4 Å². The van der Waals surface area contributed by atoms with Crippen molar-refractivity contribution < 1.29 is 14.2 Å². The highest BCUT2D eigenvalue weighted by Crippen LogP contribution is 2.48. The third kappa shape index (κ3) is 4.49. The van der Waals surface area contributed by atoms with E-state index in [1.165, 1.54) is 51.4 Å². The van der Waals surface area contributed by atoms with Gasteiger partial charge in [-0.25, -0.2) is 0 Å². The Kier molecular flexibility index (Phi) is 6.79. The molecule has 0 amide bonds. The van der Waals surface area contributed by atoms with Crippen LogP contribution in [0.1, 0.15) is 78.1 Å². The quantitative estimate of drug-likeness (QED) is 0.604. The summed E-state index contributed by atoms with van der Waals surface area (Å²) in [5.74, 6) is 1.59. The number of unbranched alkanes of at least 4 members (excludes halogenated alkanes) is 2. The van der Waals surface area contributed by atoms with E-state index in [0.717, 1.165) is 37.9 Å². The van der Waals surface area contributed by atoms with Crippen LogP contribution in [0.15, 0.2) is 0 Å². The van der Waals surface area contributed by atoms with Crippen molar-refractivity contribution in [1.82, 2.24) is 0 Å². The molecule has 2 saturated carbocycles. The summed E-state index contributed by atoms with van der Waals surface area (Å²) < 4.78 is 18.6. The summed E-state index contributed by atoms with van der Waals surface area (Å²) in [6.45, 7) is 6.31. The van der Waals surface area contributed by atoms with Gasteiger partial charge in [-0.1, -0.05) is 26.7 Å². The molecule has 6 atom stereocenters. The minimum atomic E-state index is 0.444. The molecule has 1 saturated heterocycles. The van der Waals surface area contributed by atoms with Gasteiger partial charge in [0.2, 0.25) is 0 Å². The Morgan fingerprint density at radius 2 is 1.22 bits per heavy atom. The van der Waals surface area contributed by atoms with Crippen molar-refractivity contribution >= 4 is 0 Å². The van der Waals surface area contributed by atoms with E-state index in [9.17, 15) is 0 Å². The second-order valence-corrected chi connectivity index (χ2v) is 7.86. The van der Waals surface area contributed by atoms with Crippen molar-refractivity contribution in [2.45, 2.75) is 102 Å². The molecule has 1 heterocycles. The van der Waals surface area contributed by atoms with E-state index >= 15 is 0 Å². The molecule has 2 aliphatic carbocycles. The summed E-state index contributed by atoms with van der Waals surface area (Å²) in [5.41, 5.74) is 0. The van der Waals surface area contributed by atoms with Gasteiger partial charge in [0.15, 0.2) is 0 Å². The molecule has 0 aromatic carbocycles. The maximum atomic E-state index is 6.48. The van der Waals surface area contributed by atoms with Crippen LogP contribution in [0.25, 0.3) is 0 Å². The maximum absolute atomic E-state index is 6.48. The highest BCUT2D eigenvalue weighted by Gasteiger charge is 2.49. The van der Waals surface area contributed by atoms with Crippen LogP contribution in [-0.4, -0.2) is 37.6 Å². The Hall–Kier alpha value is -0.120. The minimum absolute atomic E-state index is 0.444. The summed E-state index contributed by atoms with van der Waals surface area (Å²) in [6, 6.07) is 0. The SMILES string of the molecule is CCCCOC1CCC2C(C1)OC1CC(OCCCC)CCC12. The fraction of sp³-hybridized carbons (Fsp3) is 1.00. The first-order chi connectivity index (χ1) is 11.3. The average Bonchev–Trinajstić information content (AvgIpc) is 2.92. The Morgan fingerprint density at radius 1 is 0.739 bits per heavy atom. The van der Waals surface area contributed by atoms with Crippen LogP contribution in [0.4, 0.5) is 0 Å². The lowest BCUT2D eigenvalue weighted by atomic mass is 9.72. The number of fused-ring (bicyclic) bond motifs is 3. The van der Waals surface area contributed by atoms with E-state index < -0.39 is 0 Å². The smallest absolute Gasteiger partial charge is 0.0635 e. The molecule has 3 fully saturated rings. The van der Waals surface area contributed by atoms with Gasteiger partial charge in [0, 0.05) is 26.1 Å². The largest absolute Gasteiger partial charge is 0.378 e. The number of hydrogen-bond acceptors (Lipinski definition) is 3. The Morgan fingerprint density at radius 3 is 1.65 bits per heavy atom. The molecule has 0 spiro atoms. The molecule has 0 bridgehead atoms. The zero-order valence-electron chi connectivity index (χ0n) is 15.2. The average molecular weight is 325 g/mol. The lowest BCUT2D eigenvalue weighted by Gasteiger charge is -2.35. The van der Waals surface area contributed by atoms with Crippen LogP contribution in [0.5, 0.6) is 0 Å². The van der Waals surface area contributed by atoms with Gasteiger partial charge in [0.25, 0.3) is 0 Å². The highest BCUT2D eigenvalue weighted by molar-refractivity contribution is 4.97. The standard InChI is InChI=1S/C20H36O3/c1-3-5-11-21-15-7-9-17-18-10-8-16(22-12-6-4-2)14-20(18)23-19(17)13-15/h15-20H,3-14H2,1-2H3. The summed E-state index contributed by atoms with van der Waals surface area (Å²) in [4.78, 5) is 0. The van der Waals surface area contributed by atoms with E-state index in [4.69, 9.17) is 14.2 Å². The highest BCUT2D eigenvalue weighted by atomic mass is 16.5. The topological polar surface area (TPSA) is 27.7 Å². The first kappa shape index (κ1) is 17.7. The minimum Gasteiger partial charge on any atom is -0.378 e. The second-order valence-electron chi connectivity index (χ2n) is 7.86. The van der Waals surface area contributed by atoms with Crippen molar-refractivity contribution in [3.05, 3.63) is 0 Å². The van der Waals surface area contributed by atoms with Crippen molar-refractivity contribution in [2.75, 3.05) is 13.2 Å². The van der Waals surface area contributed by atoms with E-state index in [2.05, 4.69) is 13.8 Å². The van der Waals surface area contributed by atoms with E-state index in [1.807, 2.05) is 0 Å². The Labute approximate surface area is 142 Å². The van der Waals surface area contributed by atoms with Gasteiger partial charge in [-0.05, 0) is 50.4 Å². The van der Waals surface area contributed by atoms with Crippen LogP contribution in [0.2, 0.25) is 0 Å². The molecule has 0 N–H and O–H groups in total. The molecule has 3 aliphatic rings. The van der Waals surface area contributed by atoms with Crippen LogP contribution in [-0.2, 0) is 14.2 Å². The fourth-order valence-corrected chi connectivity index (χ4v) is 4.84. The van der Waals surface area contributed by atoms with Gasteiger partial charge in [-0.3, -0.25) is 0 Å². The molecule has 134 valence electrons. The zero-order chi connectivity index (χ0) is 16.1. The molecule has 0 aromatic heterocycles. The molecule has 23 heavy (non-hydrogen) atoms. The van der Waals surface area contributed by atoms with E-state index in [-0.39, 0.29) is 0 Å². The number of ether oxygens (including phenoxy) is 3. The first-order valence-corrected chi connectivity index (χ1v) is 10.2. The van der Waals surface area contributed by atoms with Gasteiger partial charge in [-0.15, -0.1) is 0 Å². The predicted molar refractivity (Wildman–Crippen MR) is 92.6 cm³/mol. The van der Waals surface area contributed by atoms with Crippen molar-refractivity contribution in [2.24, 2.45) is 11.8 Å². The molecule has 1 aliphatic heterocycles. The Bertz CT molecular complexity index is 314. The van der Waals surface area contributed by atoms with Crippen molar-refractivity contribution in [1.29, 1.82) is 0 Å². The summed E-state index contributed by atoms with van der Waals surface area (Å²) in [7, 11) is 0. The Balaban J connectivity index is 1.45. The zero-order valence-corrected chi connectivity index (χ0v) is 15.2. The van der Waals surface area contributed by atoms with Crippen LogP contribution >= 0.6 is 0 Å². The van der Waals surface area contributed by atoms with E-state index in [1.54, 1.807) is 0 Å². The maximum Gasteiger partial charge on any atom is 0.0635 e. The third-order valence-corrected chi connectivity index (χ3v) is 6.19. The predicted octanol–water partition coefficient (Wildman–Crippen LogP) is 4.72. The fourth-order valence-electron chi connectivity index (χ4n) is 4.84. The van der Waals surface area contributed by atoms with Crippen LogP contribution in [0, 0.1) is 11.8 Å². The van der Waals surface area contributed by atoms with Crippen LogP contribution < -0.4 is 0 Å². The van der Waals surface area contributed by atoms with Crippen molar-refractivity contribution in [3.63, 3.8) is 0 Å². The molecule has 6 unspecified atom stereocenters. The summed E-state index contributed by atoms with van der Waals surface area (Å²) >= 11 is 0. The van der Waals surface area contributed by atoms with Crippen LogP contribution in [0.3, 0.4) is 0 Å². The molecule has 3 nitrogen and oxygen atoms in total. The summed E-state index contributed by atoms with van der Waals surface area (Å²) in [5, 5.41) is 0. The summed E-state index contributed by atoms with van der Waals surface area (Å²) in [6.07, 6.45) is 14.0. The van der Waals surface area contributed by atoms with Gasteiger partial charge in [0.1, 0.15) is 0 Å². The lowest BCUT2D eigenvalue weighted by Crippen LogP contribution is -2.35. The van der Waals surface area contributed by atoms with Gasteiger partial charge >= 0.3 is 0 Å². The number of hydrogen-bond donors (Lipinski definition) is 0. The monoisotopic (exact) mass is 324 g/mol. The second kappa shape index (κ2) is 8.82. The lowest BCUT2D eigenvalue weighted by molar-refractivity contribution is -0.0680. The molecule has 3 heteroatoms. The number of rotatable bonds is 8. The normalized spacial score (nSPS) is 39.9. The van der Waals surface area contributed by atoms with Gasteiger partial charge < -0.3 is 14.2 Å². The van der Waals surface area contributed by atoms with Gasteiger partial charge in [-0.2, -0.15) is 0 Å². The first-order valence-electron chi connectivity index (χ1n) is 10.2. The molecule has 3 rings (SSSR count). The van der Waals surface area contributed by atoms with Crippen molar-refractivity contribution in [3.8, 4) is 0 Å². The molecular formula is C20H36O3. The molecule has 0 aromatic rings. The third-order valence-electron chi connectivity index (χ3n) is 6.19. The molecule has 0 radical (unpaired) electrons.